The van der Waals surface area contributed by atoms with Gasteiger partial charge in [-0.3, -0.25) is 4.79 Å². The molecule has 1 heterocycles. The van der Waals surface area contributed by atoms with E-state index in [1.54, 1.807) is 42.2 Å². The Bertz CT molecular complexity index is 852. The molecule has 1 unspecified atom stereocenters. The highest BCUT2D eigenvalue weighted by atomic mass is 19.1. The summed E-state index contributed by atoms with van der Waals surface area (Å²) in [6, 6.07) is 11.4. The molecule has 2 aromatic rings. The second kappa shape index (κ2) is 9.36. The second-order valence-corrected chi connectivity index (χ2v) is 6.93. The Kier molecular flexibility index (Phi) is 6.64. The van der Waals surface area contributed by atoms with Crippen molar-refractivity contribution in [1.29, 1.82) is 0 Å². The first-order valence-electron chi connectivity index (χ1n) is 9.51. The van der Waals surface area contributed by atoms with Gasteiger partial charge in [-0.25, -0.2) is 13.6 Å². The summed E-state index contributed by atoms with van der Waals surface area (Å²) >= 11 is 0. The van der Waals surface area contributed by atoms with Crippen LogP contribution in [0.4, 0.5) is 19.3 Å². The summed E-state index contributed by atoms with van der Waals surface area (Å²) in [6.07, 6.45) is 0. The van der Waals surface area contributed by atoms with E-state index in [9.17, 15) is 18.4 Å². The van der Waals surface area contributed by atoms with E-state index in [2.05, 4.69) is 15.5 Å². The SMILES string of the molecule is CC(NC(=O)N1CCN(c2ccc(F)cc2)CC1)C(=O)NCc1ccccc1F. The summed E-state index contributed by atoms with van der Waals surface area (Å²) in [5.41, 5.74) is 1.30. The highest BCUT2D eigenvalue weighted by molar-refractivity contribution is 5.86. The number of amides is 3. The minimum atomic E-state index is -0.746. The molecule has 0 spiro atoms. The molecule has 1 aliphatic heterocycles. The van der Waals surface area contributed by atoms with E-state index < -0.39 is 6.04 Å². The van der Waals surface area contributed by atoms with Crippen molar-refractivity contribution < 1.29 is 18.4 Å². The number of anilines is 1. The molecule has 1 fully saturated rings. The van der Waals surface area contributed by atoms with Crippen molar-refractivity contribution >= 4 is 17.6 Å². The lowest BCUT2D eigenvalue weighted by molar-refractivity contribution is -0.122. The number of hydrogen-bond acceptors (Lipinski definition) is 3. The Morgan fingerprint density at radius 3 is 2.31 bits per heavy atom. The number of rotatable bonds is 5. The van der Waals surface area contributed by atoms with Crippen LogP contribution >= 0.6 is 0 Å². The molecular formula is C21H24F2N4O2. The number of carbonyl (C=O) groups is 2. The number of halogens is 2. The van der Waals surface area contributed by atoms with Gasteiger partial charge in [0.25, 0.3) is 0 Å². The van der Waals surface area contributed by atoms with Crippen LogP contribution in [0, 0.1) is 11.6 Å². The fourth-order valence-corrected chi connectivity index (χ4v) is 3.14. The van der Waals surface area contributed by atoms with Crippen molar-refractivity contribution in [3.63, 3.8) is 0 Å². The summed E-state index contributed by atoms with van der Waals surface area (Å²) in [5, 5.41) is 5.31. The monoisotopic (exact) mass is 402 g/mol. The van der Waals surface area contributed by atoms with Gasteiger partial charge in [-0.2, -0.15) is 0 Å². The number of urea groups is 1. The summed E-state index contributed by atoms with van der Waals surface area (Å²) in [5.74, 6) is -1.05. The van der Waals surface area contributed by atoms with E-state index in [-0.39, 0.29) is 30.1 Å². The van der Waals surface area contributed by atoms with Gasteiger partial charge in [-0.15, -0.1) is 0 Å². The third kappa shape index (κ3) is 5.43. The smallest absolute Gasteiger partial charge is 0.318 e. The van der Waals surface area contributed by atoms with Crippen LogP contribution in [-0.4, -0.2) is 49.1 Å². The van der Waals surface area contributed by atoms with Crippen LogP contribution in [0.1, 0.15) is 12.5 Å². The average Bonchev–Trinajstić information content (AvgIpc) is 2.73. The van der Waals surface area contributed by atoms with Crippen molar-refractivity contribution in [2.75, 3.05) is 31.1 Å². The van der Waals surface area contributed by atoms with Crippen molar-refractivity contribution in [3.8, 4) is 0 Å². The summed E-state index contributed by atoms with van der Waals surface area (Å²) < 4.78 is 26.7. The third-order valence-electron chi connectivity index (χ3n) is 4.90. The molecule has 3 amide bonds. The molecule has 0 aromatic heterocycles. The van der Waals surface area contributed by atoms with Gasteiger partial charge in [-0.05, 0) is 37.3 Å². The molecule has 1 atom stereocenters. The topological polar surface area (TPSA) is 64.7 Å². The predicted octanol–water partition coefficient (Wildman–Crippen LogP) is 2.50. The maximum absolute atomic E-state index is 13.6. The van der Waals surface area contributed by atoms with E-state index in [1.807, 2.05) is 0 Å². The fraction of sp³-hybridized carbons (Fsp3) is 0.333. The Balaban J connectivity index is 1.44. The predicted molar refractivity (Wildman–Crippen MR) is 106 cm³/mol. The number of hydrogen-bond donors (Lipinski definition) is 2. The molecule has 154 valence electrons. The van der Waals surface area contributed by atoms with Crippen LogP contribution in [-0.2, 0) is 11.3 Å². The van der Waals surface area contributed by atoms with Crippen LogP contribution < -0.4 is 15.5 Å². The maximum Gasteiger partial charge on any atom is 0.318 e. The zero-order valence-electron chi connectivity index (χ0n) is 16.2. The van der Waals surface area contributed by atoms with Gasteiger partial charge in [0.2, 0.25) is 5.91 Å². The molecule has 2 aromatic carbocycles. The molecule has 0 aliphatic carbocycles. The number of nitrogens with zero attached hydrogens (tertiary/aromatic N) is 2. The van der Waals surface area contributed by atoms with Crippen molar-refractivity contribution in [2.24, 2.45) is 0 Å². The number of carbonyl (C=O) groups excluding carboxylic acids is 2. The fourth-order valence-electron chi connectivity index (χ4n) is 3.14. The molecule has 1 aliphatic rings. The van der Waals surface area contributed by atoms with Crippen LogP contribution in [0.5, 0.6) is 0 Å². The van der Waals surface area contributed by atoms with Crippen LogP contribution in [0.15, 0.2) is 48.5 Å². The molecule has 1 saturated heterocycles. The van der Waals surface area contributed by atoms with Crippen LogP contribution in [0.25, 0.3) is 0 Å². The van der Waals surface area contributed by atoms with E-state index in [4.69, 9.17) is 0 Å². The van der Waals surface area contributed by atoms with Gasteiger partial charge in [0.05, 0.1) is 0 Å². The van der Waals surface area contributed by atoms with Crippen molar-refractivity contribution in [3.05, 3.63) is 65.7 Å². The van der Waals surface area contributed by atoms with E-state index >= 15 is 0 Å². The Labute approximate surface area is 168 Å². The van der Waals surface area contributed by atoms with Crippen LogP contribution in [0.2, 0.25) is 0 Å². The van der Waals surface area contributed by atoms with Crippen molar-refractivity contribution in [1.82, 2.24) is 15.5 Å². The number of piperazine rings is 1. The van der Waals surface area contributed by atoms with E-state index in [0.717, 1.165) is 5.69 Å². The van der Waals surface area contributed by atoms with Gasteiger partial charge in [0.1, 0.15) is 17.7 Å². The molecule has 29 heavy (non-hydrogen) atoms. The first-order chi connectivity index (χ1) is 13.9. The molecule has 2 N–H and O–H groups in total. The normalized spacial score (nSPS) is 15.0. The molecular weight excluding hydrogens is 378 g/mol. The zero-order chi connectivity index (χ0) is 20.8. The van der Waals surface area contributed by atoms with Gasteiger partial charge in [0, 0.05) is 44.0 Å². The second-order valence-electron chi connectivity index (χ2n) is 6.93. The highest BCUT2D eigenvalue weighted by Gasteiger charge is 2.24. The summed E-state index contributed by atoms with van der Waals surface area (Å²) in [6.45, 7) is 3.87. The van der Waals surface area contributed by atoms with E-state index in [0.29, 0.717) is 31.7 Å². The lowest BCUT2D eigenvalue weighted by Crippen LogP contribution is -2.55. The lowest BCUT2D eigenvalue weighted by atomic mass is 10.2. The third-order valence-corrected chi connectivity index (χ3v) is 4.90. The Hall–Kier alpha value is -3.16. The molecule has 3 rings (SSSR count). The number of nitrogens with one attached hydrogen (secondary N) is 2. The first-order valence-corrected chi connectivity index (χ1v) is 9.51. The summed E-state index contributed by atoms with van der Waals surface area (Å²) in [7, 11) is 0. The van der Waals surface area contributed by atoms with Gasteiger partial charge in [-0.1, -0.05) is 18.2 Å². The molecule has 0 saturated carbocycles. The summed E-state index contributed by atoms with van der Waals surface area (Å²) in [4.78, 5) is 28.4. The van der Waals surface area contributed by atoms with Gasteiger partial charge >= 0.3 is 6.03 Å². The van der Waals surface area contributed by atoms with Crippen molar-refractivity contribution in [2.45, 2.75) is 19.5 Å². The molecule has 6 nitrogen and oxygen atoms in total. The first kappa shape index (κ1) is 20.6. The molecule has 0 radical (unpaired) electrons. The van der Waals surface area contributed by atoms with Crippen LogP contribution in [0.3, 0.4) is 0 Å². The minimum absolute atomic E-state index is 0.0576. The minimum Gasteiger partial charge on any atom is -0.368 e. The molecule has 0 bridgehead atoms. The maximum atomic E-state index is 13.6. The quantitative estimate of drug-likeness (QED) is 0.808. The molecule has 8 heteroatoms. The highest BCUT2D eigenvalue weighted by Crippen LogP contribution is 2.17. The van der Waals surface area contributed by atoms with E-state index in [1.165, 1.54) is 18.2 Å². The standard InChI is InChI=1S/C21H24F2N4O2/c1-15(20(28)24-14-16-4-2-3-5-19(16)23)25-21(29)27-12-10-26(11-13-27)18-8-6-17(22)7-9-18/h2-9,15H,10-14H2,1H3,(H,24,28)(H,25,29). The largest absolute Gasteiger partial charge is 0.368 e. The Morgan fingerprint density at radius 2 is 1.66 bits per heavy atom. The van der Waals surface area contributed by atoms with Gasteiger partial charge < -0.3 is 20.4 Å². The number of benzene rings is 2. The van der Waals surface area contributed by atoms with Gasteiger partial charge in [0.15, 0.2) is 0 Å². The lowest BCUT2D eigenvalue weighted by Gasteiger charge is -2.36. The average molecular weight is 402 g/mol. The zero-order valence-corrected chi connectivity index (χ0v) is 16.2. The Morgan fingerprint density at radius 1 is 1.00 bits per heavy atom.